The van der Waals surface area contributed by atoms with Gasteiger partial charge in [-0.3, -0.25) is 14.4 Å². The lowest BCUT2D eigenvalue weighted by atomic mass is 9.82. The van der Waals surface area contributed by atoms with Gasteiger partial charge in [-0.15, -0.1) is 0 Å². The summed E-state index contributed by atoms with van der Waals surface area (Å²) < 4.78 is 5.17. The molecular formula is C27H26N2O5. The highest BCUT2D eigenvalue weighted by Gasteiger charge is 2.60. The maximum atomic E-state index is 13.2. The number of hydrogen-bond donors (Lipinski definition) is 1. The van der Waals surface area contributed by atoms with Gasteiger partial charge in [-0.25, -0.2) is 9.69 Å². The van der Waals surface area contributed by atoms with Crippen molar-refractivity contribution < 1.29 is 23.9 Å². The Morgan fingerprint density at radius 3 is 2.53 bits per heavy atom. The average molecular weight is 459 g/mol. The Morgan fingerprint density at radius 2 is 1.76 bits per heavy atom. The topological polar surface area (TPSA) is 92.8 Å². The summed E-state index contributed by atoms with van der Waals surface area (Å²) in [5.41, 5.74) is 4.50. The number of aryl methyl sites for hydroxylation is 2. The van der Waals surface area contributed by atoms with Gasteiger partial charge in [0.05, 0.1) is 23.1 Å². The van der Waals surface area contributed by atoms with Crippen LogP contribution in [0.1, 0.15) is 34.8 Å². The zero-order valence-corrected chi connectivity index (χ0v) is 19.3. The number of benzene rings is 2. The smallest absolute Gasteiger partial charge is 0.338 e. The van der Waals surface area contributed by atoms with Gasteiger partial charge < -0.3 is 10.1 Å². The van der Waals surface area contributed by atoms with Crippen LogP contribution in [0.5, 0.6) is 0 Å². The van der Waals surface area contributed by atoms with E-state index in [2.05, 4.69) is 11.4 Å². The van der Waals surface area contributed by atoms with E-state index in [0.29, 0.717) is 11.4 Å². The minimum Gasteiger partial charge on any atom is -0.452 e. The van der Waals surface area contributed by atoms with E-state index in [-0.39, 0.29) is 41.0 Å². The Labute approximate surface area is 197 Å². The van der Waals surface area contributed by atoms with Gasteiger partial charge >= 0.3 is 5.97 Å². The van der Waals surface area contributed by atoms with Crippen LogP contribution < -0.4 is 10.2 Å². The SMILES string of the molecule is CC1=C[C@H]2C[C@H]1[C@H]1C(=O)N(c3cccc(C(=O)OCC(=O)Nc4ccc(C)c(C)c4)c3)C(=O)[C@H]12. The fraction of sp³-hybridized carbons (Fsp3) is 0.333. The number of rotatable bonds is 5. The van der Waals surface area contributed by atoms with E-state index in [4.69, 9.17) is 4.74 Å². The molecule has 3 amide bonds. The monoisotopic (exact) mass is 458 g/mol. The molecule has 2 aromatic rings. The number of anilines is 2. The van der Waals surface area contributed by atoms with Gasteiger partial charge in [-0.05, 0) is 80.5 Å². The Hall–Kier alpha value is -3.74. The molecule has 2 aliphatic carbocycles. The largest absolute Gasteiger partial charge is 0.452 e. The van der Waals surface area contributed by atoms with Crippen LogP contribution >= 0.6 is 0 Å². The van der Waals surface area contributed by atoms with E-state index < -0.39 is 18.5 Å². The maximum Gasteiger partial charge on any atom is 0.338 e. The van der Waals surface area contributed by atoms with Crippen molar-refractivity contribution in [3.63, 3.8) is 0 Å². The molecule has 174 valence electrons. The number of hydrogen-bond acceptors (Lipinski definition) is 5. The third-order valence-electron chi connectivity index (χ3n) is 7.35. The lowest BCUT2D eigenvalue weighted by molar-refractivity contribution is -0.123. The summed E-state index contributed by atoms with van der Waals surface area (Å²) in [4.78, 5) is 52.3. The van der Waals surface area contributed by atoms with Gasteiger partial charge in [-0.1, -0.05) is 23.8 Å². The number of amides is 3. The van der Waals surface area contributed by atoms with Gasteiger partial charge in [0.1, 0.15) is 0 Å². The van der Waals surface area contributed by atoms with Crippen LogP contribution in [0.4, 0.5) is 11.4 Å². The predicted molar refractivity (Wildman–Crippen MR) is 126 cm³/mol. The second-order valence-electron chi connectivity index (χ2n) is 9.45. The van der Waals surface area contributed by atoms with Gasteiger partial charge in [0, 0.05) is 5.69 Å². The van der Waals surface area contributed by atoms with Crippen LogP contribution in [0.2, 0.25) is 0 Å². The van der Waals surface area contributed by atoms with Crippen molar-refractivity contribution in [2.45, 2.75) is 27.2 Å². The van der Waals surface area contributed by atoms with Crippen molar-refractivity contribution in [3.8, 4) is 0 Å². The molecule has 7 heteroatoms. The van der Waals surface area contributed by atoms with Crippen LogP contribution in [0, 0.1) is 37.5 Å². The van der Waals surface area contributed by atoms with Gasteiger partial charge in [0.25, 0.3) is 5.91 Å². The van der Waals surface area contributed by atoms with Crippen molar-refractivity contribution >= 4 is 35.1 Å². The molecule has 1 saturated carbocycles. The molecule has 0 aromatic heterocycles. The summed E-state index contributed by atoms with van der Waals surface area (Å²) >= 11 is 0. The number of nitrogens with one attached hydrogen (secondary N) is 1. The number of nitrogens with zero attached hydrogens (tertiary/aromatic N) is 1. The zero-order valence-electron chi connectivity index (χ0n) is 19.3. The van der Waals surface area contributed by atoms with Crippen molar-refractivity contribution in [2.24, 2.45) is 23.7 Å². The molecule has 1 saturated heterocycles. The first-order valence-electron chi connectivity index (χ1n) is 11.4. The summed E-state index contributed by atoms with van der Waals surface area (Å²) in [6, 6.07) is 11.8. The van der Waals surface area contributed by atoms with Crippen molar-refractivity contribution in [1.29, 1.82) is 0 Å². The predicted octanol–water partition coefficient (Wildman–Crippen LogP) is 3.80. The van der Waals surface area contributed by atoms with Gasteiger partial charge in [-0.2, -0.15) is 0 Å². The summed E-state index contributed by atoms with van der Waals surface area (Å²) in [6.07, 6.45) is 2.99. The number of ether oxygens (including phenoxy) is 1. The number of carbonyl (C=O) groups is 4. The molecule has 4 atom stereocenters. The molecule has 2 aromatic carbocycles. The molecule has 1 N–H and O–H groups in total. The van der Waals surface area contributed by atoms with Crippen LogP contribution in [0.25, 0.3) is 0 Å². The van der Waals surface area contributed by atoms with Gasteiger partial charge in [0.2, 0.25) is 11.8 Å². The van der Waals surface area contributed by atoms with Crippen LogP contribution in [-0.4, -0.2) is 30.3 Å². The third-order valence-corrected chi connectivity index (χ3v) is 7.35. The Kier molecular flexibility index (Phi) is 5.35. The number of fused-ring (bicyclic) bond motifs is 5. The highest BCUT2D eigenvalue weighted by Crippen LogP contribution is 2.55. The first kappa shape index (κ1) is 22.1. The lowest BCUT2D eigenvalue weighted by Gasteiger charge is -2.19. The molecule has 34 heavy (non-hydrogen) atoms. The highest BCUT2D eigenvalue weighted by molar-refractivity contribution is 6.23. The summed E-state index contributed by atoms with van der Waals surface area (Å²) in [6.45, 7) is 5.50. The third kappa shape index (κ3) is 3.61. The molecule has 2 fully saturated rings. The van der Waals surface area contributed by atoms with Crippen molar-refractivity contribution in [1.82, 2.24) is 0 Å². The normalized spacial score (nSPS) is 24.8. The number of allylic oxidation sites excluding steroid dienone is 2. The molecule has 5 rings (SSSR count). The first-order chi connectivity index (χ1) is 16.2. The van der Waals surface area contributed by atoms with Crippen LogP contribution in [0.3, 0.4) is 0 Å². The van der Waals surface area contributed by atoms with E-state index in [9.17, 15) is 19.2 Å². The second kappa shape index (κ2) is 8.24. The zero-order chi connectivity index (χ0) is 24.1. The van der Waals surface area contributed by atoms with Crippen LogP contribution in [0.15, 0.2) is 54.1 Å². The van der Waals surface area contributed by atoms with E-state index in [1.54, 1.807) is 18.2 Å². The molecule has 2 bridgehead atoms. The Balaban J connectivity index is 1.25. The number of carbonyl (C=O) groups excluding carboxylic acids is 4. The van der Waals surface area contributed by atoms with Crippen LogP contribution in [-0.2, 0) is 19.1 Å². The Bertz CT molecular complexity index is 1260. The highest BCUT2D eigenvalue weighted by atomic mass is 16.5. The minimum atomic E-state index is -0.700. The molecule has 0 unspecified atom stereocenters. The minimum absolute atomic E-state index is 0.112. The maximum absolute atomic E-state index is 13.2. The number of imide groups is 1. The quantitative estimate of drug-likeness (QED) is 0.418. The summed E-state index contributed by atoms with van der Waals surface area (Å²) in [5.74, 6) is -1.95. The van der Waals surface area contributed by atoms with E-state index >= 15 is 0 Å². The summed E-state index contributed by atoms with van der Waals surface area (Å²) in [7, 11) is 0. The molecule has 0 spiro atoms. The summed E-state index contributed by atoms with van der Waals surface area (Å²) in [5, 5.41) is 2.71. The molecule has 1 heterocycles. The number of esters is 1. The standard InChI is InChI=1S/C27H26N2O5/c1-14-7-8-19(10-15(14)2)28-22(30)13-34-27(33)17-5-4-6-20(11-17)29-25(31)23-18-9-16(3)21(12-18)24(23)26(29)32/h4-11,18,21,23-24H,12-13H2,1-3H3,(H,28,30)/t18-,21+,23-,24+/m0/s1. The van der Waals surface area contributed by atoms with E-state index in [1.165, 1.54) is 22.6 Å². The molecule has 1 aliphatic heterocycles. The molecular weight excluding hydrogens is 432 g/mol. The van der Waals surface area contributed by atoms with E-state index in [0.717, 1.165) is 17.5 Å². The lowest BCUT2D eigenvalue weighted by Crippen LogP contribution is -2.33. The van der Waals surface area contributed by atoms with Crippen molar-refractivity contribution in [2.75, 3.05) is 16.8 Å². The molecule has 3 aliphatic rings. The first-order valence-corrected chi connectivity index (χ1v) is 11.4. The molecule has 7 nitrogen and oxygen atoms in total. The fourth-order valence-corrected chi connectivity index (χ4v) is 5.53. The van der Waals surface area contributed by atoms with Gasteiger partial charge in [0.15, 0.2) is 6.61 Å². The fourth-order valence-electron chi connectivity index (χ4n) is 5.53. The van der Waals surface area contributed by atoms with Crippen molar-refractivity contribution in [3.05, 3.63) is 70.8 Å². The second-order valence-corrected chi connectivity index (χ2v) is 9.45. The molecule has 0 radical (unpaired) electrons. The van der Waals surface area contributed by atoms with E-state index in [1.807, 2.05) is 32.9 Å². The average Bonchev–Trinajstić information content (AvgIpc) is 3.45. The Morgan fingerprint density at radius 1 is 1.00 bits per heavy atom.